The molecule has 4 rings (SSSR count). The van der Waals surface area contributed by atoms with Gasteiger partial charge >= 0.3 is 0 Å². The van der Waals surface area contributed by atoms with Crippen LogP contribution in [0.4, 0.5) is 0 Å². The van der Waals surface area contributed by atoms with Crippen LogP contribution < -0.4 is 10.1 Å². The molecule has 113 valence electrons. The molecule has 0 spiro atoms. The summed E-state index contributed by atoms with van der Waals surface area (Å²) in [6.07, 6.45) is 0.767. The first-order valence-corrected chi connectivity index (χ1v) is 7.97. The lowest BCUT2D eigenvalue weighted by atomic mass is 9.94. The van der Waals surface area contributed by atoms with Gasteiger partial charge in [0.25, 0.3) is 0 Å². The summed E-state index contributed by atoms with van der Waals surface area (Å²) in [6.45, 7) is 0.815. The highest BCUT2D eigenvalue weighted by atomic mass is 16.5. The second kappa shape index (κ2) is 6.27. The lowest BCUT2D eigenvalue weighted by Gasteiger charge is -2.26. The Morgan fingerprint density at radius 3 is 2.30 bits per heavy atom. The number of hydrogen-bond donors (Lipinski definition) is 0. The number of para-hydroxylation sites is 1. The topological polar surface area (TPSA) is 23.3 Å². The van der Waals surface area contributed by atoms with Crippen molar-refractivity contribution < 1.29 is 4.74 Å². The molecule has 1 unspecified atom stereocenters. The number of hydrogen-bond acceptors (Lipinski definition) is 1. The monoisotopic (exact) mass is 300 g/mol. The van der Waals surface area contributed by atoms with Gasteiger partial charge in [-0.25, -0.2) is 0 Å². The van der Waals surface area contributed by atoms with Gasteiger partial charge in [0, 0.05) is 12.1 Å². The molecule has 2 nitrogen and oxygen atoms in total. The standard InChI is InChI=1S/C21H18NO/c1-3-7-16(8-4-1)18-12-11-17-13-14-22-21(20(17)15-18)23-19-9-5-2-6-10-19/h1-12,15,21H,13-14H2. The van der Waals surface area contributed by atoms with Gasteiger partial charge in [0.1, 0.15) is 5.75 Å². The fraction of sp³-hybridized carbons (Fsp3) is 0.143. The second-order valence-electron chi connectivity index (χ2n) is 5.72. The van der Waals surface area contributed by atoms with Crippen LogP contribution >= 0.6 is 0 Å². The van der Waals surface area contributed by atoms with Crippen molar-refractivity contribution in [2.75, 3.05) is 6.54 Å². The first-order valence-electron chi connectivity index (χ1n) is 7.97. The summed E-state index contributed by atoms with van der Waals surface area (Å²) in [5.74, 6) is 0.860. The zero-order valence-electron chi connectivity index (χ0n) is 12.9. The Hall–Kier alpha value is -2.58. The zero-order chi connectivity index (χ0) is 15.5. The van der Waals surface area contributed by atoms with E-state index in [9.17, 15) is 0 Å². The van der Waals surface area contributed by atoms with Crippen molar-refractivity contribution in [1.82, 2.24) is 5.32 Å². The van der Waals surface area contributed by atoms with E-state index in [4.69, 9.17) is 4.74 Å². The molecule has 1 aliphatic rings. The molecule has 1 heterocycles. The minimum Gasteiger partial charge on any atom is -0.470 e. The van der Waals surface area contributed by atoms with Gasteiger partial charge in [-0.2, -0.15) is 5.32 Å². The zero-order valence-corrected chi connectivity index (χ0v) is 12.9. The van der Waals surface area contributed by atoms with Crippen molar-refractivity contribution in [1.29, 1.82) is 0 Å². The van der Waals surface area contributed by atoms with Gasteiger partial charge in [0.15, 0.2) is 6.23 Å². The van der Waals surface area contributed by atoms with Crippen molar-refractivity contribution in [3.05, 3.63) is 90.0 Å². The molecular formula is C21H18NO. The average molecular weight is 300 g/mol. The van der Waals surface area contributed by atoms with Gasteiger partial charge in [-0.3, -0.25) is 0 Å². The molecule has 1 atom stereocenters. The van der Waals surface area contributed by atoms with Crippen LogP contribution in [0.15, 0.2) is 78.9 Å². The lowest BCUT2D eigenvalue weighted by molar-refractivity contribution is 0.154. The maximum atomic E-state index is 6.11. The summed E-state index contributed by atoms with van der Waals surface area (Å²) < 4.78 is 6.11. The van der Waals surface area contributed by atoms with E-state index in [1.165, 1.54) is 22.3 Å². The first kappa shape index (κ1) is 14.0. The number of nitrogens with zero attached hydrogens (tertiary/aromatic N) is 1. The second-order valence-corrected chi connectivity index (χ2v) is 5.72. The smallest absolute Gasteiger partial charge is 0.191 e. The van der Waals surface area contributed by atoms with Crippen LogP contribution in [0, 0.1) is 0 Å². The molecule has 0 aromatic heterocycles. The quantitative estimate of drug-likeness (QED) is 0.694. The van der Waals surface area contributed by atoms with E-state index in [0.29, 0.717) is 0 Å². The molecule has 0 amide bonds. The molecule has 1 radical (unpaired) electrons. The molecule has 3 aromatic rings. The molecule has 2 heteroatoms. The maximum absolute atomic E-state index is 6.11. The van der Waals surface area contributed by atoms with Gasteiger partial charge in [-0.15, -0.1) is 0 Å². The van der Waals surface area contributed by atoms with Crippen LogP contribution in [-0.4, -0.2) is 6.54 Å². The highest BCUT2D eigenvalue weighted by Crippen LogP contribution is 2.31. The first-order chi connectivity index (χ1) is 11.4. The van der Waals surface area contributed by atoms with E-state index in [1.54, 1.807) is 0 Å². The fourth-order valence-corrected chi connectivity index (χ4v) is 2.99. The molecular weight excluding hydrogens is 282 g/mol. The molecule has 1 aliphatic heterocycles. The number of ether oxygens (including phenoxy) is 1. The Balaban J connectivity index is 1.69. The largest absolute Gasteiger partial charge is 0.470 e. The van der Waals surface area contributed by atoms with E-state index in [0.717, 1.165) is 18.7 Å². The highest BCUT2D eigenvalue weighted by Gasteiger charge is 2.23. The summed E-state index contributed by atoms with van der Waals surface area (Å²) in [4.78, 5) is 0. The van der Waals surface area contributed by atoms with E-state index < -0.39 is 0 Å². The molecule has 0 N–H and O–H groups in total. The number of benzene rings is 3. The van der Waals surface area contributed by atoms with Gasteiger partial charge in [-0.1, -0.05) is 60.7 Å². The van der Waals surface area contributed by atoms with E-state index in [1.807, 2.05) is 36.4 Å². The normalized spacial score (nSPS) is 16.6. The predicted octanol–water partition coefficient (Wildman–Crippen LogP) is 4.59. The number of fused-ring (bicyclic) bond motifs is 1. The Bertz CT molecular complexity index is 783. The van der Waals surface area contributed by atoms with Crippen LogP contribution in [0.25, 0.3) is 11.1 Å². The summed E-state index contributed by atoms with van der Waals surface area (Å²) in [5.41, 5.74) is 4.95. The maximum Gasteiger partial charge on any atom is 0.191 e. The Labute approximate surface area is 136 Å². The molecule has 0 aliphatic carbocycles. The van der Waals surface area contributed by atoms with Crippen molar-refractivity contribution in [2.24, 2.45) is 0 Å². The van der Waals surface area contributed by atoms with Crippen molar-refractivity contribution in [3.63, 3.8) is 0 Å². The lowest BCUT2D eigenvalue weighted by Crippen LogP contribution is -2.28. The van der Waals surface area contributed by atoms with Gasteiger partial charge in [0.05, 0.1) is 0 Å². The van der Waals surface area contributed by atoms with Crippen molar-refractivity contribution in [3.8, 4) is 16.9 Å². The van der Waals surface area contributed by atoms with Crippen molar-refractivity contribution >= 4 is 0 Å². The molecule has 0 saturated heterocycles. The molecule has 0 fully saturated rings. The Kier molecular flexibility index (Phi) is 3.83. The Morgan fingerprint density at radius 2 is 1.52 bits per heavy atom. The minimum atomic E-state index is -0.218. The third-order valence-electron chi connectivity index (χ3n) is 4.19. The third kappa shape index (κ3) is 2.99. The van der Waals surface area contributed by atoms with Crippen LogP contribution in [0.5, 0.6) is 5.75 Å². The van der Waals surface area contributed by atoms with Gasteiger partial charge in [0.2, 0.25) is 0 Å². The van der Waals surface area contributed by atoms with Crippen LogP contribution in [0.3, 0.4) is 0 Å². The van der Waals surface area contributed by atoms with E-state index in [-0.39, 0.29) is 6.23 Å². The summed E-state index contributed by atoms with van der Waals surface area (Å²) >= 11 is 0. The van der Waals surface area contributed by atoms with Gasteiger partial charge < -0.3 is 4.74 Å². The summed E-state index contributed by atoms with van der Waals surface area (Å²) in [5, 5.41) is 4.68. The Morgan fingerprint density at radius 1 is 0.783 bits per heavy atom. The SMILES string of the molecule is c1ccc(OC2[N]CCc3ccc(-c4ccccc4)cc32)cc1. The summed E-state index contributed by atoms with van der Waals surface area (Å²) in [6, 6.07) is 27.0. The third-order valence-corrected chi connectivity index (χ3v) is 4.19. The minimum absolute atomic E-state index is 0.218. The van der Waals surface area contributed by atoms with Crippen LogP contribution in [-0.2, 0) is 6.42 Å². The molecule has 0 saturated carbocycles. The molecule has 3 aromatic carbocycles. The van der Waals surface area contributed by atoms with Crippen molar-refractivity contribution in [2.45, 2.75) is 12.6 Å². The predicted molar refractivity (Wildman–Crippen MR) is 92.4 cm³/mol. The average Bonchev–Trinajstić information content (AvgIpc) is 2.63. The summed E-state index contributed by atoms with van der Waals surface area (Å²) in [7, 11) is 0. The van der Waals surface area contributed by atoms with Crippen LogP contribution in [0.2, 0.25) is 0 Å². The van der Waals surface area contributed by atoms with E-state index in [2.05, 4.69) is 47.8 Å². The fourth-order valence-electron chi connectivity index (χ4n) is 2.99. The van der Waals surface area contributed by atoms with Gasteiger partial charge in [-0.05, 0) is 41.3 Å². The van der Waals surface area contributed by atoms with E-state index >= 15 is 0 Å². The highest BCUT2D eigenvalue weighted by molar-refractivity contribution is 5.65. The number of rotatable bonds is 3. The molecule has 23 heavy (non-hydrogen) atoms. The molecule has 0 bridgehead atoms. The van der Waals surface area contributed by atoms with Crippen LogP contribution in [0.1, 0.15) is 17.4 Å².